The van der Waals surface area contributed by atoms with E-state index in [0.29, 0.717) is 53.7 Å². The molecule has 2 aliphatic rings. The first-order valence-electron chi connectivity index (χ1n) is 22.2. The van der Waals surface area contributed by atoms with Gasteiger partial charge in [0.2, 0.25) is 17.7 Å². The number of hydrogen-bond acceptors (Lipinski definition) is 10. The predicted molar refractivity (Wildman–Crippen MR) is 225 cm³/mol. The second-order valence-electron chi connectivity index (χ2n) is 16.0. The summed E-state index contributed by atoms with van der Waals surface area (Å²) in [5.74, 6) is -3.42. The van der Waals surface area contributed by atoms with Crippen LogP contribution in [0.5, 0.6) is 0 Å². The molecule has 4 N–H and O–H groups in total. The van der Waals surface area contributed by atoms with Crippen molar-refractivity contribution in [2.75, 3.05) is 13.1 Å². The first-order chi connectivity index (χ1) is 28.5. The van der Waals surface area contributed by atoms with E-state index < -0.39 is 65.8 Å². The molecule has 3 rings (SSSR count). The van der Waals surface area contributed by atoms with Crippen LogP contribution in [0.2, 0.25) is 0 Å². The minimum Gasteiger partial charge on any atom is -0.472 e. The van der Waals surface area contributed by atoms with Crippen LogP contribution in [0.25, 0.3) is 0 Å². The third kappa shape index (κ3) is 17.4. The van der Waals surface area contributed by atoms with Crippen molar-refractivity contribution in [3.05, 3.63) is 48.0 Å². The number of nitrogens with zero attached hydrogens (tertiary/aromatic N) is 3. The fourth-order valence-electron chi connectivity index (χ4n) is 7.32. The second kappa shape index (κ2) is 27.5. The molecule has 14 heteroatoms. The van der Waals surface area contributed by atoms with Crippen LogP contribution in [0.4, 0.5) is 0 Å². The van der Waals surface area contributed by atoms with Gasteiger partial charge in [-0.3, -0.25) is 29.6 Å². The van der Waals surface area contributed by atoms with Gasteiger partial charge in [-0.1, -0.05) is 109 Å². The monoisotopic (exact) mass is 826 g/mol. The second-order valence-corrected chi connectivity index (χ2v) is 16.0. The minimum atomic E-state index is -1.13. The van der Waals surface area contributed by atoms with Crippen LogP contribution in [-0.4, -0.2) is 99.5 Å². The van der Waals surface area contributed by atoms with E-state index in [2.05, 4.69) is 22.5 Å². The molecule has 0 aromatic heterocycles. The quantitative estimate of drug-likeness (QED) is 0.0234. The Balaban J connectivity index is 1.53. The molecular weight excluding hydrogens is 755 g/mol. The van der Waals surface area contributed by atoms with E-state index in [1.165, 1.54) is 63.9 Å². The van der Waals surface area contributed by atoms with Crippen molar-refractivity contribution >= 4 is 35.5 Å². The van der Waals surface area contributed by atoms with Crippen LogP contribution in [0, 0.1) is 5.92 Å². The molecule has 1 saturated heterocycles. The van der Waals surface area contributed by atoms with Crippen LogP contribution in [0.15, 0.2) is 47.5 Å². The average Bonchev–Trinajstić information content (AvgIpc) is 3.56. The summed E-state index contributed by atoms with van der Waals surface area (Å²) in [5, 5.41) is 27.2. The first kappa shape index (κ1) is 49.1. The van der Waals surface area contributed by atoms with E-state index in [1.807, 2.05) is 30.3 Å². The highest BCUT2D eigenvalue weighted by atomic mass is 16.5. The fourth-order valence-corrected chi connectivity index (χ4v) is 7.32. The summed E-state index contributed by atoms with van der Waals surface area (Å²) in [4.78, 5) is 70.3. The highest BCUT2D eigenvalue weighted by Gasteiger charge is 2.38. The molecule has 0 spiro atoms. The Labute approximate surface area is 351 Å². The number of nitrogens with one attached hydrogen (secondary N) is 2. The van der Waals surface area contributed by atoms with E-state index >= 15 is 0 Å². The Morgan fingerprint density at radius 2 is 1.63 bits per heavy atom. The summed E-state index contributed by atoms with van der Waals surface area (Å²) in [6.07, 6.45) is 18.9. The fraction of sp³-hybridized carbons (Fsp3) is 0.689. The molecule has 6 atom stereocenters. The summed E-state index contributed by atoms with van der Waals surface area (Å²) in [7, 11) is 0. The molecule has 6 unspecified atom stereocenters. The number of allylic oxidation sites excluding steroid dienone is 1. The van der Waals surface area contributed by atoms with E-state index in [1.54, 1.807) is 26.8 Å². The number of esters is 1. The maximum absolute atomic E-state index is 13.8. The Kier molecular flexibility index (Phi) is 22.8. The van der Waals surface area contributed by atoms with Gasteiger partial charge >= 0.3 is 5.97 Å². The highest BCUT2D eigenvalue weighted by Crippen LogP contribution is 2.21. The molecule has 59 heavy (non-hydrogen) atoms. The number of hydroxylamine groups is 4. The first-order valence-corrected chi connectivity index (χ1v) is 22.2. The standard InChI is InChI=1S/C45H71N5O9/c1-5-7-8-9-10-11-12-13-14-15-16-17-21-30-39(51)49(56)31-24-23-29-37(47-42(53)40-34(4)58-43(48-40)35-26-19-18-20-27-35)45(55)59-38(6-2)33(3)41(52)46-36-28-22-25-32-50(57)44(36)54/h18-21,26-27,30,33-34,36-38,40,56-57H,5-17,22-25,28-29,31-32H2,1-4H3,(H,46,52)(H,47,53). The van der Waals surface area contributed by atoms with Crippen LogP contribution in [0.1, 0.15) is 155 Å². The van der Waals surface area contributed by atoms with Gasteiger partial charge in [0.05, 0.1) is 5.92 Å². The molecule has 330 valence electrons. The number of rotatable bonds is 27. The smallest absolute Gasteiger partial charge is 0.328 e. The van der Waals surface area contributed by atoms with Gasteiger partial charge in [0.1, 0.15) is 24.3 Å². The average molecular weight is 826 g/mol. The summed E-state index contributed by atoms with van der Waals surface area (Å²) in [6, 6.07) is 6.23. The van der Waals surface area contributed by atoms with Crippen LogP contribution < -0.4 is 10.6 Å². The lowest BCUT2D eigenvalue weighted by molar-refractivity contribution is -0.167. The third-order valence-corrected chi connectivity index (χ3v) is 11.1. The van der Waals surface area contributed by atoms with Gasteiger partial charge in [0.25, 0.3) is 11.8 Å². The van der Waals surface area contributed by atoms with Gasteiger partial charge in [0.15, 0.2) is 6.04 Å². The van der Waals surface area contributed by atoms with Gasteiger partial charge in [-0.05, 0) is 76.8 Å². The minimum absolute atomic E-state index is 0.0233. The van der Waals surface area contributed by atoms with E-state index in [9.17, 15) is 34.4 Å². The van der Waals surface area contributed by atoms with Gasteiger partial charge < -0.3 is 20.1 Å². The molecule has 14 nitrogen and oxygen atoms in total. The summed E-state index contributed by atoms with van der Waals surface area (Å²) < 4.78 is 11.8. The SMILES string of the molecule is CCCCCCCCCCCCCC=CC(=O)N(O)CCCCC(NC(=O)C1N=C(c2ccccc2)OC1C)C(=O)OC(CC)C(C)C(=O)NC1CCCCN(O)C1=O. The molecule has 1 aromatic rings. The van der Waals surface area contributed by atoms with Gasteiger partial charge in [0, 0.05) is 24.7 Å². The highest BCUT2D eigenvalue weighted by molar-refractivity contribution is 5.99. The number of hydrogen-bond donors (Lipinski definition) is 4. The number of unbranched alkanes of at least 4 members (excludes halogenated alkanes) is 12. The number of aliphatic imine (C=N–C) groups is 1. The zero-order chi connectivity index (χ0) is 43.0. The Hall–Kier alpha value is -4.30. The van der Waals surface area contributed by atoms with Crippen molar-refractivity contribution in [2.24, 2.45) is 10.9 Å². The normalized spacial score (nSPS) is 19.6. The molecule has 1 fully saturated rings. The zero-order valence-corrected chi connectivity index (χ0v) is 35.9. The Morgan fingerprint density at radius 3 is 2.29 bits per heavy atom. The lowest BCUT2D eigenvalue weighted by atomic mass is 10.00. The topological polar surface area (TPSA) is 187 Å². The molecule has 2 heterocycles. The molecular formula is C45H71N5O9. The number of ether oxygens (including phenoxy) is 2. The predicted octanol–water partition coefficient (Wildman–Crippen LogP) is 7.20. The summed E-state index contributed by atoms with van der Waals surface area (Å²) in [6.45, 7) is 7.53. The molecule has 0 radical (unpaired) electrons. The number of amides is 4. The molecule has 1 aromatic carbocycles. The van der Waals surface area contributed by atoms with Crippen molar-refractivity contribution in [2.45, 2.75) is 180 Å². The van der Waals surface area contributed by atoms with Crippen LogP contribution >= 0.6 is 0 Å². The van der Waals surface area contributed by atoms with E-state index in [-0.39, 0.29) is 25.9 Å². The number of carbonyl (C=O) groups excluding carboxylic acids is 5. The van der Waals surface area contributed by atoms with Gasteiger partial charge in [-0.2, -0.15) is 0 Å². The van der Waals surface area contributed by atoms with Gasteiger partial charge in [-0.25, -0.2) is 19.9 Å². The lowest BCUT2D eigenvalue weighted by Gasteiger charge is -2.27. The van der Waals surface area contributed by atoms with Crippen molar-refractivity contribution < 1.29 is 43.9 Å². The van der Waals surface area contributed by atoms with Crippen molar-refractivity contribution in [3.8, 4) is 0 Å². The lowest BCUT2D eigenvalue weighted by Crippen LogP contribution is -2.51. The van der Waals surface area contributed by atoms with E-state index in [4.69, 9.17) is 9.47 Å². The van der Waals surface area contributed by atoms with Crippen LogP contribution in [0.3, 0.4) is 0 Å². The largest absolute Gasteiger partial charge is 0.472 e. The maximum Gasteiger partial charge on any atom is 0.328 e. The van der Waals surface area contributed by atoms with Crippen molar-refractivity contribution in [1.29, 1.82) is 0 Å². The number of benzene rings is 1. The van der Waals surface area contributed by atoms with Crippen molar-refractivity contribution in [3.63, 3.8) is 0 Å². The third-order valence-electron chi connectivity index (χ3n) is 11.1. The molecule has 4 amide bonds. The number of carbonyl (C=O) groups is 5. The molecule has 0 bridgehead atoms. The Bertz CT molecular complexity index is 1510. The maximum atomic E-state index is 13.8. The zero-order valence-electron chi connectivity index (χ0n) is 35.9. The molecule has 2 aliphatic heterocycles. The Morgan fingerprint density at radius 1 is 0.966 bits per heavy atom. The van der Waals surface area contributed by atoms with Gasteiger partial charge in [-0.15, -0.1) is 0 Å². The summed E-state index contributed by atoms with van der Waals surface area (Å²) >= 11 is 0. The summed E-state index contributed by atoms with van der Waals surface area (Å²) in [5.41, 5.74) is 0.716. The molecule has 0 aliphatic carbocycles. The van der Waals surface area contributed by atoms with Crippen LogP contribution in [-0.2, 0) is 33.4 Å². The molecule has 0 saturated carbocycles. The van der Waals surface area contributed by atoms with E-state index in [0.717, 1.165) is 19.3 Å². The van der Waals surface area contributed by atoms with Crippen molar-refractivity contribution in [1.82, 2.24) is 20.8 Å².